The molecule has 1 N–H and O–H groups in total. The lowest BCUT2D eigenvalue weighted by atomic mass is 10.2. The molecule has 7 heteroatoms. The number of benzene rings is 1. The molecule has 0 bridgehead atoms. The van der Waals surface area contributed by atoms with Gasteiger partial charge in [0.25, 0.3) is 5.91 Å². The number of ether oxygens (including phenoxy) is 1. The van der Waals surface area contributed by atoms with E-state index in [0.29, 0.717) is 6.54 Å². The van der Waals surface area contributed by atoms with Crippen LogP contribution in [0.2, 0.25) is 0 Å². The molecule has 1 rings (SSSR count). The summed E-state index contributed by atoms with van der Waals surface area (Å²) >= 11 is 2.94. The monoisotopic (exact) mass is 339 g/mol. The van der Waals surface area contributed by atoms with Crippen LogP contribution in [0.25, 0.3) is 0 Å². The maximum absolute atomic E-state index is 12.2. The maximum atomic E-state index is 12.2. The molecule has 0 fully saturated rings. The van der Waals surface area contributed by atoms with Gasteiger partial charge >= 0.3 is 6.36 Å². The van der Waals surface area contributed by atoms with E-state index in [-0.39, 0.29) is 16.0 Å². The van der Waals surface area contributed by atoms with Crippen molar-refractivity contribution < 1.29 is 22.7 Å². The molecule has 106 valence electrons. The van der Waals surface area contributed by atoms with Crippen LogP contribution in [0.15, 0.2) is 22.7 Å². The quantitative estimate of drug-likeness (QED) is 0.907. The van der Waals surface area contributed by atoms with E-state index in [1.807, 2.05) is 13.8 Å². The Morgan fingerprint density at radius 2 is 2.05 bits per heavy atom. The summed E-state index contributed by atoms with van der Waals surface area (Å²) in [7, 11) is 0. The van der Waals surface area contributed by atoms with Gasteiger partial charge < -0.3 is 10.1 Å². The van der Waals surface area contributed by atoms with Crippen molar-refractivity contribution in [1.29, 1.82) is 0 Å². The zero-order valence-electron chi connectivity index (χ0n) is 10.3. The van der Waals surface area contributed by atoms with Crippen LogP contribution in [-0.2, 0) is 0 Å². The van der Waals surface area contributed by atoms with Crippen molar-refractivity contribution in [1.82, 2.24) is 5.32 Å². The molecule has 1 amide bonds. The minimum atomic E-state index is -4.80. The zero-order valence-corrected chi connectivity index (χ0v) is 11.9. The number of alkyl halides is 3. The van der Waals surface area contributed by atoms with E-state index in [4.69, 9.17) is 0 Å². The summed E-state index contributed by atoms with van der Waals surface area (Å²) in [6, 6.07) is 3.81. The van der Waals surface area contributed by atoms with Crippen molar-refractivity contribution >= 4 is 21.8 Å². The molecule has 3 nitrogen and oxygen atoms in total. The number of nitrogens with one attached hydrogen (secondary N) is 1. The van der Waals surface area contributed by atoms with E-state index in [9.17, 15) is 18.0 Å². The fourth-order valence-electron chi connectivity index (χ4n) is 1.25. The maximum Gasteiger partial charge on any atom is 0.573 e. The highest BCUT2D eigenvalue weighted by molar-refractivity contribution is 9.10. The number of hydrogen-bond donors (Lipinski definition) is 1. The van der Waals surface area contributed by atoms with Gasteiger partial charge in [-0.15, -0.1) is 13.2 Å². The Morgan fingerprint density at radius 3 is 2.58 bits per heavy atom. The molecule has 0 radical (unpaired) electrons. The van der Waals surface area contributed by atoms with Crippen LogP contribution in [0.4, 0.5) is 13.2 Å². The summed E-state index contributed by atoms with van der Waals surface area (Å²) in [6.45, 7) is 4.28. The minimum absolute atomic E-state index is 0.114. The van der Waals surface area contributed by atoms with Crippen molar-refractivity contribution in [3.63, 3.8) is 0 Å². The third-order valence-electron chi connectivity index (χ3n) is 2.09. The molecule has 1 aromatic rings. The number of carbonyl (C=O) groups is 1. The smallest absolute Gasteiger partial charge is 0.405 e. The third kappa shape index (κ3) is 5.50. The fraction of sp³-hybridized carbons (Fsp3) is 0.417. The summed E-state index contributed by atoms with van der Waals surface area (Å²) in [4.78, 5) is 11.7. The number of carbonyl (C=O) groups excluding carboxylic acids is 1. The van der Waals surface area contributed by atoms with Crippen molar-refractivity contribution in [2.45, 2.75) is 20.2 Å². The molecule has 0 unspecified atom stereocenters. The molecule has 1 aromatic carbocycles. The van der Waals surface area contributed by atoms with Crippen LogP contribution in [0.3, 0.4) is 0 Å². The van der Waals surface area contributed by atoms with E-state index >= 15 is 0 Å². The lowest BCUT2D eigenvalue weighted by molar-refractivity contribution is -0.274. The second-order valence-electron chi connectivity index (χ2n) is 4.30. The summed E-state index contributed by atoms with van der Waals surface area (Å²) in [5, 5.41) is 2.62. The first-order valence-electron chi connectivity index (χ1n) is 5.52. The molecule has 0 aliphatic carbocycles. The summed E-state index contributed by atoms with van der Waals surface area (Å²) in [6.07, 6.45) is -4.80. The van der Waals surface area contributed by atoms with Gasteiger partial charge in [0.15, 0.2) is 0 Å². The van der Waals surface area contributed by atoms with Crippen LogP contribution in [0, 0.1) is 5.92 Å². The Labute approximate surface area is 117 Å². The van der Waals surface area contributed by atoms with Gasteiger partial charge in [0.05, 0.1) is 4.47 Å². The minimum Gasteiger partial charge on any atom is -0.405 e. The molecular weight excluding hydrogens is 327 g/mol. The zero-order chi connectivity index (χ0) is 14.6. The number of halogens is 4. The molecule has 0 aromatic heterocycles. The van der Waals surface area contributed by atoms with Gasteiger partial charge in [0, 0.05) is 12.1 Å². The van der Waals surface area contributed by atoms with Crippen molar-refractivity contribution in [3.05, 3.63) is 28.2 Å². The molecule has 0 spiro atoms. The second kappa shape index (κ2) is 6.27. The van der Waals surface area contributed by atoms with Gasteiger partial charge in [-0.05, 0) is 40.0 Å². The lowest BCUT2D eigenvalue weighted by Gasteiger charge is -2.12. The highest BCUT2D eigenvalue weighted by Gasteiger charge is 2.32. The predicted molar refractivity (Wildman–Crippen MR) is 68.0 cm³/mol. The molecule has 0 saturated carbocycles. The third-order valence-corrected chi connectivity index (χ3v) is 2.75. The second-order valence-corrected chi connectivity index (χ2v) is 5.15. The number of rotatable bonds is 4. The van der Waals surface area contributed by atoms with E-state index in [2.05, 4.69) is 26.0 Å². The summed E-state index contributed by atoms with van der Waals surface area (Å²) in [5.74, 6) is -0.622. The van der Waals surface area contributed by atoms with Gasteiger partial charge in [-0.3, -0.25) is 4.79 Å². The summed E-state index contributed by atoms with van der Waals surface area (Å²) in [5.41, 5.74) is 0.114. The molecule has 0 saturated heterocycles. The Morgan fingerprint density at radius 1 is 1.42 bits per heavy atom. The van der Waals surface area contributed by atoms with E-state index in [0.717, 1.165) is 6.07 Å². The van der Waals surface area contributed by atoms with Crippen LogP contribution < -0.4 is 10.1 Å². The van der Waals surface area contributed by atoms with Gasteiger partial charge in [-0.1, -0.05) is 13.8 Å². The van der Waals surface area contributed by atoms with Gasteiger partial charge in [0.2, 0.25) is 0 Å². The fourth-order valence-corrected chi connectivity index (χ4v) is 1.57. The van der Waals surface area contributed by atoms with Crippen LogP contribution in [0.1, 0.15) is 24.2 Å². The largest absolute Gasteiger partial charge is 0.573 e. The predicted octanol–water partition coefficient (Wildman–Crippen LogP) is 3.73. The van der Waals surface area contributed by atoms with Crippen molar-refractivity contribution in [2.24, 2.45) is 5.92 Å². The SMILES string of the molecule is CC(C)CNC(=O)c1ccc(Br)c(OC(F)(F)F)c1. The first-order valence-corrected chi connectivity index (χ1v) is 6.32. The molecule has 0 heterocycles. The van der Waals surface area contributed by atoms with Crippen LogP contribution in [-0.4, -0.2) is 18.8 Å². The Hall–Kier alpha value is -1.24. The van der Waals surface area contributed by atoms with Gasteiger partial charge in [0.1, 0.15) is 5.75 Å². The van der Waals surface area contributed by atoms with Crippen LogP contribution in [0.5, 0.6) is 5.75 Å². The van der Waals surface area contributed by atoms with Crippen LogP contribution >= 0.6 is 15.9 Å². The van der Waals surface area contributed by atoms with E-state index in [1.165, 1.54) is 12.1 Å². The number of hydrogen-bond acceptors (Lipinski definition) is 2. The Bertz CT molecular complexity index is 461. The average molecular weight is 340 g/mol. The average Bonchev–Trinajstić information content (AvgIpc) is 2.27. The van der Waals surface area contributed by atoms with E-state index in [1.54, 1.807) is 0 Å². The van der Waals surface area contributed by atoms with Crippen molar-refractivity contribution in [2.75, 3.05) is 6.54 Å². The Balaban J connectivity index is 2.86. The lowest BCUT2D eigenvalue weighted by Crippen LogP contribution is -2.27. The molecule has 0 atom stereocenters. The Kier molecular flexibility index (Phi) is 5.22. The molecular formula is C12H13BrF3NO2. The molecule has 0 aliphatic heterocycles. The van der Waals surface area contributed by atoms with E-state index < -0.39 is 18.0 Å². The number of amides is 1. The summed E-state index contributed by atoms with van der Waals surface area (Å²) < 4.78 is 40.4. The topological polar surface area (TPSA) is 38.3 Å². The van der Waals surface area contributed by atoms with Gasteiger partial charge in [-0.25, -0.2) is 0 Å². The molecule has 0 aliphatic rings. The molecule has 19 heavy (non-hydrogen) atoms. The first-order chi connectivity index (χ1) is 8.69. The highest BCUT2D eigenvalue weighted by atomic mass is 79.9. The normalized spacial score (nSPS) is 11.5. The first kappa shape index (κ1) is 15.8. The highest BCUT2D eigenvalue weighted by Crippen LogP contribution is 2.31. The standard InChI is InChI=1S/C12H13BrF3NO2/c1-7(2)6-17-11(18)8-3-4-9(13)10(5-8)19-12(14,15)16/h3-5,7H,6H2,1-2H3,(H,17,18). The van der Waals surface area contributed by atoms with Gasteiger partial charge in [-0.2, -0.15) is 0 Å². The van der Waals surface area contributed by atoms with Crippen molar-refractivity contribution in [3.8, 4) is 5.75 Å².